The van der Waals surface area contributed by atoms with Crippen LogP contribution < -0.4 is 9.64 Å². The lowest BCUT2D eigenvalue weighted by atomic mass is 10.0. The van der Waals surface area contributed by atoms with Crippen LogP contribution in [-0.4, -0.2) is 56.3 Å². The van der Waals surface area contributed by atoms with E-state index in [0.717, 1.165) is 11.0 Å². The summed E-state index contributed by atoms with van der Waals surface area (Å²) in [6, 6.07) is 3.52. The molecule has 2 aliphatic rings. The summed E-state index contributed by atoms with van der Waals surface area (Å²) in [5, 5.41) is 8.64. The molecule has 2 aromatic heterocycles. The SMILES string of the molecule is COc1cc(C2=CC3C(S2)C(=O)N(c2cncc4ncn(C)c24)C(=O)N3CCC#N)c(Cl)cc1F. The number of halogens is 2. The molecule has 1 fully saturated rings. The van der Waals surface area contributed by atoms with Gasteiger partial charge in [-0.3, -0.25) is 9.78 Å². The second kappa shape index (κ2) is 8.87. The van der Waals surface area contributed by atoms with Gasteiger partial charge in [0.15, 0.2) is 11.6 Å². The number of hydrogen-bond donors (Lipinski definition) is 0. The standard InChI is InChI=1S/C23H18ClFN6O3S/c1-29-11-28-15-9-27-10-17(20(15)29)31-22(32)21-16(30(23(31)33)5-3-4-26)8-19(35-21)12-6-18(34-2)14(25)7-13(12)24/h6-11,16,21H,3,5H2,1-2H3. The number of fused-ring (bicyclic) bond motifs is 2. The summed E-state index contributed by atoms with van der Waals surface area (Å²) in [5.74, 6) is -1.02. The third-order valence-electron chi connectivity index (χ3n) is 5.96. The second-order valence-electron chi connectivity index (χ2n) is 7.97. The van der Waals surface area contributed by atoms with Gasteiger partial charge in [0.05, 0.1) is 60.6 Å². The average Bonchev–Trinajstić information content (AvgIpc) is 3.44. The molecule has 178 valence electrons. The minimum atomic E-state index is -0.697. The van der Waals surface area contributed by atoms with E-state index in [2.05, 4.69) is 16.0 Å². The first-order chi connectivity index (χ1) is 16.8. The Bertz CT molecular complexity index is 1450. The molecule has 2 aliphatic heterocycles. The van der Waals surface area contributed by atoms with Crippen molar-refractivity contribution in [3.8, 4) is 11.8 Å². The lowest BCUT2D eigenvalue weighted by molar-refractivity contribution is -0.119. The van der Waals surface area contributed by atoms with Crippen molar-refractivity contribution < 1.29 is 18.7 Å². The van der Waals surface area contributed by atoms with E-state index in [1.54, 1.807) is 30.2 Å². The number of urea groups is 1. The molecule has 2 atom stereocenters. The topological polar surface area (TPSA) is 104 Å². The molecular weight excluding hydrogens is 495 g/mol. The number of imide groups is 1. The number of carbonyl (C=O) groups is 2. The van der Waals surface area contributed by atoms with Crippen molar-refractivity contribution in [2.75, 3.05) is 18.6 Å². The number of amides is 3. The normalized spacial score (nSPS) is 19.7. The lowest BCUT2D eigenvalue weighted by Crippen LogP contribution is -2.62. The van der Waals surface area contributed by atoms with Crippen molar-refractivity contribution in [2.24, 2.45) is 7.05 Å². The Kier molecular flexibility index (Phi) is 5.86. The maximum atomic E-state index is 14.1. The van der Waals surface area contributed by atoms with Crippen LogP contribution in [0.4, 0.5) is 14.9 Å². The molecule has 12 heteroatoms. The number of rotatable bonds is 5. The number of pyridine rings is 1. The second-order valence-corrected chi connectivity index (χ2v) is 9.56. The summed E-state index contributed by atoms with van der Waals surface area (Å²) >= 11 is 7.56. The molecular formula is C23H18ClFN6O3S. The Morgan fingerprint density at radius 3 is 2.86 bits per heavy atom. The van der Waals surface area contributed by atoms with Crippen LogP contribution in [0.25, 0.3) is 15.9 Å². The molecule has 0 N–H and O–H groups in total. The predicted molar refractivity (Wildman–Crippen MR) is 129 cm³/mol. The number of nitrogens with zero attached hydrogens (tertiary/aromatic N) is 6. The van der Waals surface area contributed by atoms with Gasteiger partial charge in [-0.2, -0.15) is 5.26 Å². The van der Waals surface area contributed by atoms with Gasteiger partial charge in [-0.15, -0.1) is 11.8 Å². The smallest absolute Gasteiger partial charge is 0.332 e. The van der Waals surface area contributed by atoms with Crippen molar-refractivity contribution in [3.05, 3.63) is 53.3 Å². The highest BCUT2D eigenvalue weighted by molar-refractivity contribution is 8.09. The van der Waals surface area contributed by atoms with Crippen LogP contribution in [-0.2, 0) is 11.8 Å². The fourth-order valence-electron chi connectivity index (χ4n) is 4.34. The number of imidazole rings is 1. The van der Waals surface area contributed by atoms with Crippen molar-refractivity contribution >= 4 is 56.9 Å². The third-order valence-corrected chi connectivity index (χ3v) is 7.62. The highest BCUT2D eigenvalue weighted by Crippen LogP contribution is 2.48. The third kappa shape index (κ3) is 3.69. The number of aromatic nitrogens is 3. The number of methoxy groups -OCH3 is 1. The highest BCUT2D eigenvalue weighted by Gasteiger charge is 2.50. The fraction of sp³-hybridized carbons (Fsp3) is 0.261. The first-order valence-electron chi connectivity index (χ1n) is 10.5. The lowest BCUT2D eigenvalue weighted by Gasteiger charge is -2.40. The number of nitriles is 1. The van der Waals surface area contributed by atoms with Gasteiger partial charge in [-0.1, -0.05) is 11.6 Å². The number of anilines is 1. The summed E-state index contributed by atoms with van der Waals surface area (Å²) in [7, 11) is 3.12. The average molecular weight is 513 g/mol. The van der Waals surface area contributed by atoms with Crippen LogP contribution in [0.5, 0.6) is 5.75 Å². The van der Waals surface area contributed by atoms with Gasteiger partial charge < -0.3 is 14.2 Å². The van der Waals surface area contributed by atoms with Gasteiger partial charge in [0, 0.05) is 24.1 Å². The summed E-state index contributed by atoms with van der Waals surface area (Å²) in [6.07, 6.45) is 6.45. The Morgan fingerprint density at radius 1 is 1.31 bits per heavy atom. The Morgan fingerprint density at radius 2 is 2.11 bits per heavy atom. The number of hydrogen-bond acceptors (Lipinski definition) is 7. The van der Waals surface area contributed by atoms with Gasteiger partial charge in [-0.05, 0) is 18.2 Å². The van der Waals surface area contributed by atoms with Crippen molar-refractivity contribution in [3.63, 3.8) is 0 Å². The Labute approximate surface area is 208 Å². The highest BCUT2D eigenvalue weighted by atomic mass is 35.5. The number of carbonyl (C=O) groups excluding carboxylic acids is 2. The van der Waals surface area contributed by atoms with Crippen LogP contribution >= 0.6 is 23.4 Å². The van der Waals surface area contributed by atoms with E-state index in [0.29, 0.717) is 27.2 Å². The summed E-state index contributed by atoms with van der Waals surface area (Å²) in [5.41, 5.74) is 1.93. The molecule has 0 radical (unpaired) electrons. The van der Waals surface area contributed by atoms with Crippen LogP contribution in [0.2, 0.25) is 5.02 Å². The zero-order valence-electron chi connectivity index (χ0n) is 18.6. The number of benzene rings is 1. The summed E-state index contributed by atoms with van der Waals surface area (Å²) < 4.78 is 20.9. The number of aryl methyl sites for hydroxylation is 1. The van der Waals surface area contributed by atoms with Crippen LogP contribution in [0.3, 0.4) is 0 Å². The molecule has 4 heterocycles. The zero-order chi connectivity index (χ0) is 24.9. The minimum Gasteiger partial charge on any atom is -0.494 e. The first kappa shape index (κ1) is 23.1. The van der Waals surface area contributed by atoms with E-state index in [4.69, 9.17) is 16.3 Å². The molecule has 0 aliphatic carbocycles. The van der Waals surface area contributed by atoms with Gasteiger partial charge in [0.25, 0.3) is 5.91 Å². The first-order valence-corrected chi connectivity index (χ1v) is 11.8. The molecule has 0 saturated carbocycles. The maximum absolute atomic E-state index is 14.1. The van der Waals surface area contributed by atoms with Crippen LogP contribution in [0.1, 0.15) is 12.0 Å². The van der Waals surface area contributed by atoms with Gasteiger partial charge >= 0.3 is 6.03 Å². The molecule has 3 amide bonds. The number of thioether (sulfide) groups is 1. The maximum Gasteiger partial charge on any atom is 0.332 e. The molecule has 5 rings (SSSR count). The predicted octanol–water partition coefficient (Wildman–Crippen LogP) is 3.98. The largest absolute Gasteiger partial charge is 0.494 e. The quantitative estimate of drug-likeness (QED) is 0.509. The monoisotopic (exact) mass is 512 g/mol. The van der Waals surface area contributed by atoms with Gasteiger partial charge in [0.1, 0.15) is 10.8 Å². The molecule has 0 bridgehead atoms. The summed E-state index contributed by atoms with van der Waals surface area (Å²) in [4.78, 5) is 39.0. The zero-order valence-corrected chi connectivity index (χ0v) is 20.2. The van der Waals surface area contributed by atoms with E-state index in [1.165, 1.54) is 36.0 Å². The van der Waals surface area contributed by atoms with Crippen LogP contribution in [0.15, 0.2) is 36.9 Å². The van der Waals surface area contributed by atoms with E-state index in [1.807, 2.05) is 0 Å². The van der Waals surface area contributed by atoms with Crippen molar-refractivity contribution in [1.82, 2.24) is 19.4 Å². The van der Waals surface area contributed by atoms with E-state index < -0.39 is 29.0 Å². The molecule has 1 saturated heterocycles. The van der Waals surface area contributed by atoms with Gasteiger partial charge in [-0.25, -0.2) is 19.1 Å². The fourth-order valence-corrected chi connectivity index (χ4v) is 6.00. The van der Waals surface area contributed by atoms with E-state index in [9.17, 15) is 19.2 Å². The van der Waals surface area contributed by atoms with E-state index >= 15 is 0 Å². The van der Waals surface area contributed by atoms with Crippen molar-refractivity contribution in [2.45, 2.75) is 17.7 Å². The van der Waals surface area contributed by atoms with Crippen LogP contribution in [0, 0.1) is 17.1 Å². The molecule has 0 spiro atoms. The Hall–Kier alpha value is -3.62. The Balaban J connectivity index is 1.59. The van der Waals surface area contributed by atoms with E-state index in [-0.39, 0.29) is 23.7 Å². The minimum absolute atomic E-state index is 0.0140. The molecule has 3 aromatic rings. The molecule has 9 nitrogen and oxygen atoms in total. The summed E-state index contributed by atoms with van der Waals surface area (Å²) in [6.45, 7) is 0.125. The molecule has 2 unspecified atom stereocenters. The molecule has 35 heavy (non-hydrogen) atoms. The number of ether oxygens (including phenoxy) is 1. The van der Waals surface area contributed by atoms with Gasteiger partial charge in [0.2, 0.25) is 0 Å². The van der Waals surface area contributed by atoms with Crippen molar-refractivity contribution in [1.29, 1.82) is 5.26 Å². The molecule has 1 aromatic carbocycles.